The SMILES string of the molecule is CN=C(NCCc1c(F)cccc1Cl)NC1CCC(C(=O)N2CCSCC2)CC1.I. The van der Waals surface area contributed by atoms with Crippen molar-refractivity contribution >= 4 is 59.2 Å². The predicted octanol–water partition coefficient (Wildman–Crippen LogP) is 3.94. The fourth-order valence-corrected chi connectivity index (χ4v) is 5.15. The molecule has 2 aliphatic rings. The van der Waals surface area contributed by atoms with Gasteiger partial charge in [0.2, 0.25) is 5.91 Å². The molecule has 2 fully saturated rings. The molecule has 1 saturated heterocycles. The van der Waals surface area contributed by atoms with Gasteiger partial charge in [-0.05, 0) is 44.2 Å². The van der Waals surface area contributed by atoms with E-state index < -0.39 is 0 Å². The van der Waals surface area contributed by atoms with Crippen LogP contribution >= 0.6 is 47.3 Å². The van der Waals surface area contributed by atoms with Gasteiger partial charge in [0.1, 0.15) is 5.82 Å². The maximum Gasteiger partial charge on any atom is 0.225 e. The molecule has 2 N–H and O–H groups in total. The summed E-state index contributed by atoms with van der Waals surface area (Å²) in [6, 6.07) is 5.05. The maximum atomic E-state index is 13.9. The van der Waals surface area contributed by atoms with Crippen molar-refractivity contribution < 1.29 is 9.18 Å². The Morgan fingerprint density at radius 3 is 2.60 bits per heavy atom. The van der Waals surface area contributed by atoms with E-state index in [9.17, 15) is 9.18 Å². The third-order valence-corrected chi connectivity index (χ3v) is 6.99. The predicted molar refractivity (Wildman–Crippen MR) is 135 cm³/mol. The van der Waals surface area contributed by atoms with Crippen molar-refractivity contribution in [3.63, 3.8) is 0 Å². The Kier molecular flexibility index (Phi) is 11.0. The van der Waals surface area contributed by atoms with E-state index >= 15 is 0 Å². The molecule has 0 radical (unpaired) electrons. The van der Waals surface area contributed by atoms with Gasteiger partial charge in [-0.3, -0.25) is 9.79 Å². The Bertz CT molecular complexity index is 705. The number of nitrogens with zero attached hydrogens (tertiary/aromatic N) is 2. The van der Waals surface area contributed by atoms with Gasteiger partial charge >= 0.3 is 0 Å². The molecule has 0 atom stereocenters. The number of hydrogen-bond donors (Lipinski definition) is 2. The molecular weight excluding hydrogens is 538 g/mol. The molecule has 0 spiro atoms. The molecule has 9 heteroatoms. The molecule has 1 aliphatic carbocycles. The summed E-state index contributed by atoms with van der Waals surface area (Å²) in [6.07, 6.45) is 4.24. The zero-order chi connectivity index (χ0) is 20.6. The van der Waals surface area contributed by atoms with Crippen LogP contribution in [0.2, 0.25) is 5.02 Å². The number of nitrogens with one attached hydrogen (secondary N) is 2. The third-order valence-electron chi connectivity index (χ3n) is 5.69. The Morgan fingerprint density at radius 1 is 1.27 bits per heavy atom. The van der Waals surface area contributed by atoms with Crippen molar-refractivity contribution in [3.8, 4) is 0 Å². The summed E-state index contributed by atoms with van der Waals surface area (Å²) in [5.41, 5.74) is 0.521. The first-order valence-electron chi connectivity index (χ1n) is 10.3. The molecule has 168 valence electrons. The van der Waals surface area contributed by atoms with Crippen molar-refractivity contribution in [2.24, 2.45) is 10.9 Å². The van der Waals surface area contributed by atoms with E-state index in [2.05, 4.69) is 15.6 Å². The maximum absolute atomic E-state index is 13.9. The van der Waals surface area contributed by atoms with Gasteiger partial charge in [-0.1, -0.05) is 17.7 Å². The molecule has 1 aromatic carbocycles. The lowest BCUT2D eigenvalue weighted by Gasteiger charge is -2.34. The van der Waals surface area contributed by atoms with Crippen molar-refractivity contribution in [1.82, 2.24) is 15.5 Å². The van der Waals surface area contributed by atoms with Crippen LogP contribution in [0, 0.1) is 11.7 Å². The highest BCUT2D eigenvalue weighted by atomic mass is 127. The number of carbonyl (C=O) groups excluding carboxylic acids is 1. The third kappa shape index (κ3) is 7.15. The first kappa shape index (κ1) is 25.5. The molecule has 1 aliphatic heterocycles. The van der Waals surface area contributed by atoms with Crippen LogP contribution in [0.3, 0.4) is 0 Å². The van der Waals surface area contributed by atoms with Crippen molar-refractivity contribution in [2.45, 2.75) is 38.1 Å². The number of thioether (sulfide) groups is 1. The van der Waals surface area contributed by atoms with E-state index in [-0.39, 0.29) is 35.7 Å². The molecule has 0 unspecified atom stereocenters. The molecular formula is C21H31ClFIN4OS. The molecule has 0 aromatic heterocycles. The van der Waals surface area contributed by atoms with Crippen molar-refractivity contribution in [2.75, 3.05) is 38.2 Å². The molecule has 1 saturated carbocycles. The normalized spacial score (nSPS) is 22.2. The zero-order valence-electron chi connectivity index (χ0n) is 17.3. The van der Waals surface area contributed by atoms with Gasteiger partial charge in [0, 0.05) is 60.7 Å². The van der Waals surface area contributed by atoms with Crippen LogP contribution in [0.25, 0.3) is 0 Å². The van der Waals surface area contributed by atoms with Crippen LogP contribution in [0.15, 0.2) is 23.2 Å². The average molecular weight is 569 g/mol. The number of hydrogen-bond acceptors (Lipinski definition) is 3. The van der Waals surface area contributed by atoms with Gasteiger partial charge in [0.25, 0.3) is 0 Å². The Hall–Kier alpha value is -0.740. The highest BCUT2D eigenvalue weighted by molar-refractivity contribution is 14.0. The zero-order valence-corrected chi connectivity index (χ0v) is 21.2. The van der Waals surface area contributed by atoms with Crippen molar-refractivity contribution in [1.29, 1.82) is 0 Å². The minimum atomic E-state index is -0.280. The number of carbonyl (C=O) groups is 1. The van der Waals surface area contributed by atoms with E-state index in [1.54, 1.807) is 19.2 Å². The van der Waals surface area contributed by atoms with Gasteiger partial charge < -0.3 is 15.5 Å². The lowest BCUT2D eigenvalue weighted by molar-refractivity contribution is -0.136. The Morgan fingerprint density at radius 2 is 1.97 bits per heavy atom. The number of amides is 1. The molecule has 1 heterocycles. The Labute approximate surface area is 205 Å². The second-order valence-corrected chi connectivity index (χ2v) is 9.21. The summed E-state index contributed by atoms with van der Waals surface area (Å²) in [7, 11) is 1.73. The number of halogens is 3. The summed E-state index contributed by atoms with van der Waals surface area (Å²) in [5, 5.41) is 7.13. The summed E-state index contributed by atoms with van der Waals surface area (Å²) >= 11 is 8.01. The van der Waals surface area contributed by atoms with Gasteiger partial charge in [-0.2, -0.15) is 11.8 Å². The lowest BCUT2D eigenvalue weighted by atomic mass is 9.85. The van der Waals surface area contributed by atoms with Crippen molar-refractivity contribution in [3.05, 3.63) is 34.6 Å². The first-order chi connectivity index (χ1) is 14.1. The standard InChI is InChI=1S/C21H30ClFN4OS.HI/c1-24-21(25-10-9-17-18(22)3-2-4-19(17)23)26-16-7-5-15(6-8-16)20(28)27-11-13-29-14-12-27;/h2-4,15-16H,5-14H2,1H3,(H2,24,25,26);1H. The number of guanidine groups is 1. The van der Waals surface area contributed by atoms with Gasteiger partial charge in [-0.25, -0.2) is 4.39 Å². The van der Waals surface area contributed by atoms with Crippen LogP contribution in [-0.4, -0.2) is 61.0 Å². The summed E-state index contributed by atoms with van der Waals surface area (Å²) in [5.74, 6) is 3.05. The molecule has 30 heavy (non-hydrogen) atoms. The van der Waals surface area contributed by atoms with Gasteiger partial charge in [0.15, 0.2) is 5.96 Å². The fraction of sp³-hybridized carbons (Fsp3) is 0.619. The van der Waals surface area contributed by atoms with Crippen LogP contribution < -0.4 is 10.6 Å². The fourth-order valence-electron chi connectivity index (χ4n) is 3.99. The smallest absolute Gasteiger partial charge is 0.225 e. The summed E-state index contributed by atoms with van der Waals surface area (Å²) < 4.78 is 13.9. The minimum Gasteiger partial charge on any atom is -0.356 e. The topological polar surface area (TPSA) is 56.7 Å². The average Bonchev–Trinajstić information content (AvgIpc) is 2.75. The van der Waals surface area contributed by atoms with E-state index in [0.29, 0.717) is 41.5 Å². The minimum absolute atomic E-state index is 0. The van der Waals surface area contributed by atoms with E-state index in [1.165, 1.54) is 6.07 Å². The Balaban J connectivity index is 0.00000320. The number of rotatable bonds is 5. The quantitative estimate of drug-likeness (QED) is 0.321. The summed E-state index contributed by atoms with van der Waals surface area (Å²) in [6.45, 7) is 2.33. The number of benzene rings is 1. The van der Waals surface area contributed by atoms with E-state index in [0.717, 1.165) is 50.3 Å². The molecule has 5 nitrogen and oxygen atoms in total. The monoisotopic (exact) mass is 568 g/mol. The highest BCUT2D eigenvalue weighted by Gasteiger charge is 2.30. The lowest BCUT2D eigenvalue weighted by Crippen LogP contribution is -2.47. The van der Waals surface area contributed by atoms with Crippen LogP contribution in [0.5, 0.6) is 0 Å². The van der Waals surface area contributed by atoms with Gasteiger partial charge in [-0.15, -0.1) is 24.0 Å². The first-order valence-corrected chi connectivity index (χ1v) is 11.9. The molecule has 3 rings (SSSR count). The largest absolute Gasteiger partial charge is 0.356 e. The molecule has 1 aromatic rings. The van der Waals surface area contributed by atoms with E-state index in [4.69, 9.17) is 11.6 Å². The number of aliphatic imine (C=N–C) groups is 1. The van der Waals surface area contributed by atoms with Crippen LogP contribution in [0.4, 0.5) is 4.39 Å². The van der Waals surface area contributed by atoms with Crippen LogP contribution in [0.1, 0.15) is 31.2 Å². The molecule has 1 amide bonds. The second-order valence-electron chi connectivity index (χ2n) is 7.58. The highest BCUT2D eigenvalue weighted by Crippen LogP contribution is 2.27. The van der Waals surface area contributed by atoms with E-state index in [1.807, 2.05) is 16.7 Å². The summed E-state index contributed by atoms with van der Waals surface area (Å²) in [4.78, 5) is 19.0. The molecule has 0 bridgehead atoms. The second kappa shape index (κ2) is 13.0. The van der Waals surface area contributed by atoms with Gasteiger partial charge in [0.05, 0.1) is 0 Å². The van der Waals surface area contributed by atoms with Crippen LogP contribution in [-0.2, 0) is 11.2 Å².